The zero-order chi connectivity index (χ0) is 26.1. The third-order valence-electron chi connectivity index (χ3n) is 8.45. The molecule has 1 aromatic carbocycles. The van der Waals surface area contributed by atoms with Crippen LogP contribution in [0.3, 0.4) is 0 Å². The molecule has 3 aliphatic rings. The molecule has 2 aliphatic carbocycles. The van der Waals surface area contributed by atoms with E-state index in [1.165, 1.54) is 0 Å². The second kappa shape index (κ2) is 7.86. The van der Waals surface area contributed by atoms with E-state index in [1.807, 2.05) is 27.6 Å². The fraction of sp³-hybridized carbons (Fsp3) is 0.286. The first-order chi connectivity index (χ1) is 18.5. The normalized spacial score (nSPS) is 24.6. The van der Waals surface area contributed by atoms with Gasteiger partial charge in [-0.05, 0) is 62.6 Å². The minimum Gasteiger partial charge on any atom is -0.382 e. The number of nitrogens with two attached hydrogens (primary N) is 1. The molecule has 1 spiro atoms. The van der Waals surface area contributed by atoms with Gasteiger partial charge in [0.2, 0.25) is 5.95 Å². The van der Waals surface area contributed by atoms with E-state index < -0.39 is 5.54 Å². The number of imidazole rings is 1. The molecular weight excluding hydrogens is 480 g/mol. The highest BCUT2D eigenvalue weighted by molar-refractivity contribution is 6.03. The second-order valence-corrected chi connectivity index (χ2v) is 9.99. The van der Waals surface area contributed by atoms with E-state index in [-0.39, 0.29) is 23.3 Å². The Hall–Kier alpha value is -4.78. The molecule has 1 aliphatic heterocycles. The van der Waals surface area contributed by atoms with E-state index in [9.17, 15) is 9.59 Å². The van der Waals surface area contributed by atoms with E-state index in [0.717, 1.165) is 37.1 Å². The molecule has 10 nitrogen and oxygen atoms in total. The Morgan fingerprint density at radius 2 is 1.84 bits per heavy atom. The molecule has 3 fully saturated rings. The average molecular weight is 505 g/mol. The average Bonchev–Trinajstić information content (AvgIpc) is 3.26. The number of hydrogen-bond donors (Lipinski definition) is 2. The summed E-state index contributed by atoms with van der Waals surface area (Å²) in [6.45, 7) is 1.69. The Morgan fingerprint density at radius 1 is 1.08 bits per heavy atom. The smallest absolute Gasteiger partial charge is 0.299 e. The first-order valence-corrected chi connectivity index (χ1v) is 12.6. The number of nitrogens with one attached hydrogen (secondary N) is 1. The summed E-state index contributed by atoms with van der Waals surface area (Å²) in [4.78, 5) is 45.3. The summed E-state index contributed by atoms with van der Waals surface area (Å²) >= 11 is 0. The fourth-order valence-electron chi connectivity index (χ4n) is 6.83. The van der Waals surface area contributed by atoms with Crippen molar-refractivity contribution in [3.8, 4) is 23.1 Å². The highest BCUT2D eigenvalue weighted by atomic mass is 16.2. The van der Waals surface area contributed by atoms with Gasteiger partial charge in [-0.1, -0.05) is 18.1 Å². The van der Waals surface area contributed by atoms with Crippen molar-refractivity contribution < 1.29 is 9.59 Å². The minimum atomic E-state index is -0.499. The summed E-state index contributed by atoms with van der Waals surface area (Å²) in [5.74, 6) is 6.92. The number of fused-ring (bicyclic) bond motifs is 1. The first kappa shape index (κ1) is 22.4. The maximum absolute atomic E-state index is 13.1. The lowest BCUT2D eigenvalue weighted by atomic mass is 9.71. The van der Waals surface area contributed by atoms with Crippen LogP contribution in [0.4, 0.5) is 11.8 Å². The van der Waals surface area contributed by atoms with Gasteiger partial charge in [-0.25, -0.2) is 19.9 Å². The number of benzene rings is 1. The molecule has 10 heteroatoms. The zero-order valence-electron chi connectivity index (χ0n) is 20.7. The van der Waals surface area contributed by atoms with Crippen LogP contribution in [0.2, 0.25) is 0 Å². The SMILES string of the molecule is CC#CC(=O)N1C2(c3nc(-c4ccc(C(=O)Nc5ncccn5)cc4)c4c(N)nccn34)CCC3CCC312. The van der Waals surface area contributed by atoms with Crippen molar-refractivity contribution in [3.63, 3.8) is 0 Å². The van der Waals surface area contributed by atoms with Gasteiger partial charge in [-0.15, -0.1) is 0 Å². The van der Waals surface area contributed by atoms with Crippen LogP contribution >= 0.6 is 0 Å². The molecule has 1 saturated heterocycles. The maximum Gasteiger partial charge on any atom is 0.299 e. The minimum absolute atomic E-state index is 0.144. The first-order valence-electron chi connectivity index (χ1n) is 12.6. The van der Waals surface area contributed by atoms with Gasteiger partial charge in [0.05, 0.1) is 5.54 Å². The number of anilines is 2. The van der Waals surface area contributed by atoms with Gasteiger partial charge in [0.25, 0.3) is 11.8 Å². The Labute approximate surface area is 218 Å². The Morgan fingerprint density at radius 3 is 2.55 bits per heavy atom. The van der Waals surface area contributed by atoms with Crippen LogP contribution in [0.5, 0.6) is 0 Å². The number of likely N-dealkylation sites (tertiary alicyclic amines) is 1. The zero-order valence-corrected chi connectivity index (χ0v) is 20.7. The van der Waals surface area contributed by atoms with Crippen LogP contribution in [0, 0.1) is 17.8 Å². The van der Waals surface area contributed by atoms with E-state index in [4.69, 9.17) is 10.7 Å². The molecule has 7 rings (SSSR count). The molecule has 38 heavy (non-hydrogen) atoms. The van der Waals surface area contributed by atoms with Crippen molar-refractivity contribution in [2.45, 2.75) is 43.7 Å². The topological polar surface area (TPSA) is 131 Å². The van der Waals surface area contributed by atoms with Crippen molar-refractivity contribution in [1.82, 2.24) is 29.2 Å². The Balaban J connectivity index is 1.30. The third kappa shape index (κ3) is 2.78. The third-order valence-corrected chi connectivity index (χ3v) is 8.45. The number of hydrogen-bond acceptors (Lipinski definition) is 7. The summed E-state index contributed by atoms with van der Waals surface area (Å²) < 4.78 is 1.99. The lowest BCUT2D eigenvalue weighted by molar-refractivity contribution is -0.124. The Bertz CT molecular complexity index is 1690. The van der Waals surface area contributed by atoms with Crippen molar-refractivity contribution >= 4 is 29.1 Å². The second-order valence-electron chi connectivity index (χ2n) is 9.99. The van der Waals surface area contributed by atoms with E-state index >= 15 is 0 Å². The van der Waals surface area contributed by atoms with Gasteiger partial charge in [0.1, 0.15) is 28.4 Å². The standard InChI is InChI=1S/C28H24N8O2/c1-2-4-20(37)36-27-11-9-19(27)10-12-28(27,36)25-33-21(22-23(29)30-15-16-35(22)25)17-5-7-18(8-6-17)24(38)34-26-31-13-3-14-32-26/h3,5-8,13-16,19H,9-12H2,1H3,(H2,29,30)(H,31,32,34,38). The van der Waals surface area contributed by atoms with Crippen LogP contribution in [0.1, 0.15) is 48.8 Å². The van der Waals surface area contributed by atoms with Gasteiger partial charge in [0.15, 0.2) is 0 Å². The number of amides is 2. The summed E-state index contributed by atoms with van der Waals surface area (Å²) in [5.41, 5.74) is 8.28. The van der Waals surface area contributed by atoms with E-state index in [1.54, 1.807) is 43.7 Å². The lowest BCUT2D eigenvalue weighted by Gasteiger charge is -2.34. The molecule has 3 atom stereocenters. The van der Waals surface area contributed by atoms with Crippen molar-refractivity contribution in [3.05, 3.63) is 66.5 Å². The van der Waals surface area contributed by atoms with Crippen LogP contribution < -0.4 is 11.1 Å². The number of piperidine rings is 1. The van der Waals surface area contributed by atoms with Crippen LogP contribution in [0.15, 0.2) is 55.1 Å². The lowest BCUT2D eigenvalue weighted by Crippen LogP contribution is -2.39. The van der Waals surface area contributed by atoms with Gasteiger partial charge < -0.3 is 10.6 Å². The van der Waals surface area contributed by atoms with Gasteiger partial charge >= 0.3 is 0 Å². The van der Waals surface area contributed by atoms with Gasteiger partial charge in [-0.2, -0.15) is 0 Å². The van der Waals surface area contributed by atoms with Gasteiger partial charge in [0, 0.05) is 35.9 Å². The quantitative estimate of drug-likeness (QED) is 0.323. The van der Waals surface area contributed by atoms with Crippen molar-refractivity contribution in [2.24, 2.45) is 5.92 Å². The molecule has 4 aromatic rings. The highest BCUT2D eigenvalue weighted by Crippen LogP contribution is 2.77. The number of nitrogen functional groups attached to an aromatic ring is 1. The summed E-state index contributed by atoms with van der Waals surface area (Å²) in [6, 6.07) is 8.82. The monoisotopic (exact) mass is 504 g/mol. The predicted molar refractivity (Wildman–Crippen MR) is 139 cm³/mol. The largest absolute Gasteiger partial charge is 0.382 e. The van der Waals surface area contributed by atoms with Crippen LogP contribution in [-0.2, 0) is 10.3 Å². The number of carbonyl (C=O) groups is 2. The van der Waals surface area contributed by atoms with Crippen molar-refractivity contribution in [2.75, 3.05) is 11.1 Å². The van der Waals surface area contributed by atoms with Crippen LogP contribution in [-0.4, -0.2) is 46.6 Å². The summed E-state index contributed by atoms with van der Waals surface area (Å²) in [6.07, 6.45) is 10.6. The number of nitrogens with zero attached hydrogens (tertiary/aromatic N) is 6. The molecular formula is C28H24N8O2. The number of rotatable bonds is 4. The fourth-order valence-corrected chi connectivity index (χ4v) is 6.83. The number of carbonyl (C=O) groups excluding carboxylic acids is 2. The molecule has 3 N–H and O–H groups in total. The molecule has 3 aromatic heterocycles. The Kier molecular flexibility index (Phi) is 4.64. The molecule has 2 amide bonds. The molecule has 3 unspecified atom stereocenters. The van der Waals surface area contributed by atoms with Crippen molar-refractivity contribution in [1.29, 1.82) is 0 Å². The number of aromatic nitrogens is 5. The maximum atomic E-state index is 13.1. The highest BCUT2D eigenvalue weighted by Gasteiger charge is 2.87. The molecule has 2 saturated carbocycles. The molecule has 188 valence electrons. The predicted octanol–water partition coefficient (Wildman–Crippen LogP) is 3.02. The van der Waals surface area contributed by atoms with E-state index in [0.29, 0.717) is 28.5 Å². The van der Waals surface area contributed by atoms with Crippen LogP contribution in [0.25, 0.3) is 16.8 Å². The van der Waals surface area contributed by atoms with Gasteiger partial charge in [-0.3, -0.25) is 19.3 Å². The molecule has 0 radical (unpaired) electrons. The summed E-state index contributed by atoms with van der Waals surface area (Å²) in [7, 11) is 0. The molecule has 0 bridgehead atoms. The summed E-state index contributed by atoms with van der Waals surface area (Å²) in [5, 5.41) is 2.69. The van der Waals surface area contributed by atoms with E-state index in [2.05, 4.69) is 32.1 Å². The molecule has 4 heterocycles.